The minimum absolute atomic E-state index is 0.208. The SMILES string of the molecule is Cc1nc2c3c(nn2c(C)c1Cl)CN(C(=O)c1ccc(F)cc1OC1CCC(O)C1)C3. The van der Waals surface area contributed by atoms with Gasteiger partial charge >= 0.3 is 0 Å². The van der Waals surface area contributed by atoms with E-state index in [1.54, 1.807) is 9.42 Å². The second-order valence-corrected chi connectivity index (χ2v) is 8.64. The van der Waals surface area contributed by atoms with Crippen LogP contribution in [0.2, 0.25) is 5.02 Å². The van der Waals surface area contributed by atoms with Gasteiger partial charge in [0.25, 0.3) is 5.91 Å². The third-order valence-corrected chi connectivity index (χ3v) is 6.61. The summed E-state index contributed by atoms with van der Waals surface area (Å²) < 4.78 is 21.5. The van der Waals surface area contributed by atoms with Gasteiger partial charge in [-0.05, 0) is 38.8 Å². The third kappa shape index (κ3) is 3.43. The Bertz CT molecular complexity index is 1210. The van der Waals surface area contributed by atoms with Crippen LogP contribution in [0.1, 0.15) is 52.3 Å². The number of fused-ring (bicyclic) bond motifs is 3. The van der Waals surface area contributed by atoms with Crippen LogP contribution in [0.5, 0.6) is 5.75 Å². The van der Waals surface area contributed by atoms with Gasteiger partial charge in [0.05, 0.1) is 46.9 Å². The van der Waals surface area contributed by atoms with E-state index in [1.165, 1.54) is 18.2 Å². The number of aliphatic hydroxyl groups excluding tert-OH is 1. The molecule has 1 aliphatic heterocycles. The number of aliphatic hydroxyl groups is 1. The number of hydrogen-bond acceptors (Lipinski definition) is 5. The quantitative estimate of drug-likeness (QED) is 0.667. The van der Waals surface area contributed by atoms with Gasteiger partial charge in [-0.3, -0.25) is 4.79 Å². The molecule has 3 aromatic rings. The standard InChI is InChI=1S/C22H22ClFN4O3/c1-11-20(23)12(2)28-21(25-11)17-9-27(10-18(17)26-28)22(30)16-6-3-13(24)7-19(16)31-15-5-4-14(29)8-15/h3,6-7,14-15,29H,4-5,8-10H2,1-2H3. The average molecular weight is 445 g/mol. The molecule has 3 heterocycles. The van der Waals surface area contributed by atoms with Crippen LogP contribution in [-0.2, 0) is 13.1 Å². The number of rotatable bonds is 3. The molecule has 1 amide bonds. The number of hydrogen-bond donors (Lipinski definition) is 1. The van der Waals surface area contributed by atoms with Crippen LogP contribution in [-0.4, -0.2) is 42.7 Å². The van der Waals surface area contributed by atoms with E-state index in [0.717, 1.165) is 17.0 Å². The molecule has 31 heavy (non-hydrogen) atoms. The molecule has 1 fully saturated rings. The normalized spacial score (nSPS) is 20.5. The van der Waals surface area contributed by atoms with Crippen LogP contribution in [0, 0.1) is 19.7 Å². The second kappa shape index (κ2) is 7.46. The van der Waals surface area contributed by atoms with E-state index in [1.807, 2.05) is 13.8 Å². The van der Waals surface area contributed by atoms with Gasteiger partial charge in [0.2, 0.25) is 0 Å². The molecule has 2 aromatic heterocycles. The predicted molar refractivity (Wildman–Crippen MR) is 112 cm³/mol. The first-order chi connectivity index (χ1) is 14.8. The Balaban J connectivity index is 1.43. The second-order valence-electron chi connectivity index (χ2n) is 8.27. The Morgan fingerprint density at radius 3 is 2.84 bits per heavy atom. The van der Waals surface area contributed by atoms with Crippen molar-refractivity contribution in [3.8, 4) is 5.75 Å². The number of carbonyl (C=O) groups excluding carboxylic acids is 1. The highest BCUT2D eigenvalue weighted by atomic mass is 35.5. The van der Waals surface area contributed by atoms with Gasteiger partial charge < -0.3 is 14.7 Å². The van der Waals surface area contributed by atoms with E-state index in [-0.39, 0.29) is 17.8 Å². The van der Waals surface area contributed by atoms with Gasteiger partial charge in [0, 0.05) is 18.1 Å². The maximum absolute atomic E-state index is 13.9. The molecular formula is C22H22ClFN4O3. The van der Waals surface area contributed by atoms with E-state index in [2.05, 4.69) is 10.1 Å². The molecule has 0 radical (unpaired) electrons. The molecule has 2 atom stereocenters. The number of amides is 1. The molecule has 9 heteroatoms. The zero-order valence-electron chi connectivity index (χ0n) is 17.2. The number of aromatic nitrogens is 3. The Labute approximate surface area is 183 Å². The van der Waals surface area contributed by atoms with Gasteiger partial charge in [-0.2, -0.15) is 5.10 Å². The summed E-state index contributed by atoms with van der Waals surface area (Å²) in [5, 5.41) is 14.9. The highest BCUT2D eigenvalue weighted by Crippen LogP contribution is 2.33. The molecule has 2 aliphatic rings. The van der Waals surface area contributed by atoms with Crippen LogP contribution in [0.25, 0.3) is 5.65 Å². The van der Waals surface area contributed by atoms with Crippen molar-refractivity contribution >= 4 is 23.2 Å². The monoisotopic (exact) mass is 444 g/mol. The van der Waals surface area contributed by atoms with Gasteiger partial charge in [-0.25, -0.2) is 13.9 Å². The van der Waals surface area contributed by atoms with Crippen molar-refractivity contribution in [3.05, 3.63) is 57.2 Å². The number of ether oxygens (including phenoxy) is 1. The minimum Gasteiger partial charge on any atom is -0.489 e. The molecule has 1 aromatic carbocycles. The van der Waals surface area contributed by atoms with E-state index >= 15 is 0 Å². The van der Waals surface area contributed by atoms with Crippen LogP contribution >= 0.6 is 11.6 Å². The number of carbonyl (C=O) groups is 1. The molecule has 1 saturated carbocycles. The topological polar surface area (TPSA) is 80.0 Å². The zero-order chi connectivity index (χ0) is 21.9. The molecule has 0 saturated heterocycles. The summed E-state index contributed by atoms with van der Waals surface area (Å²) in [6.07, 6.45) is 1.13. The van der Waals surface area contributed by atoms with E-state index < -0.39 is 11.9 Å². The molecule has 1 aliphatic carbocycles. The first-order valence-corrected chi connectivity index (χ1v) is 10.7. The lowest BCUT2D eigenvalue weighted by Crippen LogP contribution is -2.27. The Morgan fingerprint density at radius 1 is 1.29 bits per heavy atom. The molecule has 5 rings (SSSR count). The lowest BCUT2D eigenvalue weighted by molar-refractivity contribution is 0.0741. The van der Waals surface area contributed by atoms with Crippen molar-refractivity contribution in [2.75, 3.05) is 0 Å². The molecule has 0 spiro atoms. The van der Waals surface area contributed by atoms with Crippen LogP contribution < -0.4 is 4.74 Å². The smallest absolute Gasteiger partial charge is 0.258 e. The van der Waals surface area contributed by atoms with Gasteiger partial charge in [0.15, 0.2) is 5.65 Å². The maximum atomic E-state index is 13.9. The van der Waals surface area contributed by atoms with Crippen LogP contribution in [0.4, 0.5) is 4.39 Å². The summed E-state index contributed by atoms with van der Waals surface area (Å²) in [5.74, 6) is -0.522. The number of halogens is 2. The van der Waals surface area contributed by atoms with Crippen molar-refractivity contribution < 1.29 is 19.0 Å². The Kier molecular flexibility index (Phi) is 4.86. The zero-order valence-corrected chi connectivity index (χ0v) is 18.0. The van der Waals surface area contributed by atoms with Crippen molar-refractivity contribution in [2.45, 2.75) is 58.4 Å². The first kappa shape index (κ1) is 20.2. The predicted octanol–water partition coefficient (Wildman–Crippen LogP) is 3.59. The highest BCUT2D eigenvalue weighted by molar-refractivity contribution is 6.31. The summed E-state index contributed by atoms with van der Waals surface area (Å²) in [6.45, 7) is 4.41. The van der Waals surface area contributed by atoms with E-state index in [9.17, 15) is 14.3 Å². The van der Waals surface area contributed by atoms with Crippen LogP contribution in [0.15, 0.2) is 18.2 Å². The van der Waals surface area contributed by atoms with Gasteiger partial charge in [-0.15, -0.1) is 0 Å². The van der Waals surface area contributed by atoms with Crippen LogP contribution in [0.3, 0.4) is 0 Å². The molecule has 2 unspecified atom stereocenters. The summed E-state index contributed by atoms with van der Waals surface area (Å²) in [4.78, 5) is 19.5. The first-order valence-electron chi connectivity index (χ1n) is 10.3. The Morgan fingerprint density at radius 2 is 2.10 bits per heavy atom. The fraction of sp³-hybridized carbons (Fsp3) is 0.409. The minimum atomic E-state index is -0.473. The largest absolute Gasteiger partial charge is 0.489 e. The molecule has 1 N–H and O–H groups in total. The summed E-state index contributed by atoms with van der Waals surface area (Å²) >= 11 is 6.30. The fourth-order valence-electron chi connectivity index (χ4n) is 4.40. The summed E-state index contributed by atoms with van der Waals surface area (Å²) in [5.41, 5.74) is 4.18. The lowest BCUT2D eigenvalue weighted by Gasteiger charge is -2.20. The highest BCUT2D eigenvalue weighted by Gasteiger charge is 2.32. The number of nitrogens with zero attached hydrogens (tertiary/aromatic N) is 4. The van der Waals surface area contributed by atoms with Crippen molar-refractivity contribution in [3.63, 3.8) is 0 Å². The Hall–Kier alpha value is -2.71. The fourth-order valence-corrected chi connectivity index (χ4v) is 4.52. The maximum Gasteiger partial charge on any atom is 0.258 e. The third-order valence-electron chi connectivity index (χ3n) is 6.07. The average Bonchev–Trinajstić information content (AvgIpc) is 3.41. The molecule has 162 valence electrons. The van der Waals surface area contributed by atoms with E-state index in [4.69, 9.17) is 16.3 Å². The van der Waals surface area contributed by atoms with Gasteiger partial charge in [0.1, 0.15) is 17.7 Å². The van der Waals surface area contributed by atoms with Crippen molar-refractivity contribution in [1.82, 2.24) is 19.5 Å². The van der Waals surface area contributed by atoms with Crippen molar-refractivity contribution in [1.29, 1.82) is 0 Å². The van der Waals surface area contributed by atoms with E-state index in [0.29, 0.717) is 54.3 Å². The number of benzene rings is 1. The van der Waals surface area contributed by atoms with Gasteiger partial charge in [-0.1, -0.05) is 11.6 Å². The molecule has 0 bridgehead atoms. The lowest BCUT2D eigenvalue weighted by atomic mass is 10.1. The molecular weight excluding hydrogens is 423 g/mol. The number of aryl methyl sites for hydroxylation is 2. The van der Waals surface area contributed by atoms with Crippen molar-refractivity contribution in [2.24, 2.45) is 0 Å². The summed E-state index contributed by atoms with van der Waals surface area (Å²) in [7, 11) is 0. The summed E-state index contributed by atoms with van der Waals surface area (Å²) in [6, 6.07) is 3.95. The molecule has 7 nitrogen and oxygen atoms in total.